The Balaban J connectivity index is 1.51. The highest BCUT2D eigenvalue weighted by Gasteiger charge is 2.30. The van der Waals surface area contributed by atoms with Crippen molar-refractivity contribution >= 4 is 16.9 Å². The summed E-state index contributed by atoms with van der Waals surface area (Å²) >= 11 is 0. The van der Waals surface area contributed by atoms with Crippen molar-refractivity contribution < 1.29 is 9.21 Å². The van der Waals surface area contributed by atoms with Crippen LogP contribution in [-0.2, 0) is 25.9 Å². The van der Waals surface area contributed by atoms with Crippen LogP contribution in [0, 0.1) is 0 Å². The maximum Gasteiger partial charge on any atom is 0.349 e. The molecule has 2 aliphatic rings. The highest BCUT2D eigenvalue weighted by atomic mass is 16.4. The van der Waals surface area contributed by atoms with E-state index in [2.05, 4.69) is 5.10 Å². The number of nitrogens with zero attached hydrogens (tertiary/aromatic N) is 3. The van der Waals surface area contributed by atoms with Gasteiger partial charge in [0.25, 0.3) is 5.91 Å². The zero-order valence-corrected chi connectivity index (χ0v) is 13.7. The van der Waals surface area contributed by atoms with Gasteiger partial charge >= 0.3 is 5.63 Å². The Kier molecular flexibility index (Phi) is 3.07. The molecule has 0 N–H and O–H groups in total. The number of aromatic nitrogens is 2. The lowest BCUT2D eigenvalue weighted by Gasteiger charge is -2.28. The summed E-state index contributed by atoms with van der Waals surface area (Å²) < 4.78 is 7.34. The zero-order valence-electron chi connectivity index (χ0n) is 13.7. The van der Waals surface area contributed by atoms with Gasteiger partial charge in [0.2, 0.25) is 0 Å². The van der Waals surface area contributed by atoms with Crippen LogP contribution in [-0.4, -0.2) is 27.1 Å². The van der Waals surface area contributed by atoms with Gasteiger partial charge < -0.3 is 9.32 Å². The van der Waals surface area contributed by atoms with E-state index in [-0.39, 0.29) is 11.5 Å². The number of hydrogen-bond acceptors (Lipinski definition) is 4. The van der Waals surface area contributed by atoms with Crippen LogP contribution in [0.1, 0.15) is 33.7 Å². The molecule has 0 bridgehead atoms. The first-order valence-corrected chi connectivity index (χ1v) is 8.60. The van der Waals surface area contributed by atoms with Crippen LogP contribution in [0.4, 0.5) is 0 Å². The summed E-state index contributed by atoms with van der Waals surface area (Å²) in [5.74, 6) is -0.265. The highest BCUT2D eigenvalue weighted by Crippen LogP contribution is 2.28. The summed E-state index contributed by atoms with van der Waals surface area (Å²) in [7, 11) is 0. The summed E-state index contributed by atoms with van der Waals surface area (Å²) in [4.78, 5) is 26.9. The van der Waals surface area contributed by atoms with Gasteiger partial charge in [-0.05, 0) is 37.0 Å². The van der Waals surface area contributed by atoms with E-state index in [9.17, 15) is 9.59 Å². The first-order chi connectivity index (χ1) is 12.2. The molecule has 126 valence electrons. The average molecular weight is 335 g/mol. The van der Waals surface area contributed by atoms with E-state index in [4.69, 9.17) is 4.42 Å². The number of aryl methyl sites for hydroxylation is 1. The molecule has 0 atom stereocenters. The van der Waals surface area contributed by atoms with Crippen molar-refractivity contribution in [3.63, 3.8) is 0 Å². The quantitative estimate of drug-likeness (QED) is 0.639. The number of carbonyl (C=O) groups is 1. The van der Waals surface area contributed by atoms with E-state index >= 15 is 0 Å². The molecule has 1 aromatic carbocycles. The van der Waals surface area contributed by atoms with E-state index in [1.165, 1.54) is 11.3 Å². The Morgan fingerprint density at radius 3 is 2.96 bits per heavy atom. The predicted octanol–water partition coefficient (Wildman–Crippen LogP) is 2.13. The second kappa shape index (κ2) is 5.31. The number of fused-ring (bicyclic) bond motifs is 4. The zero-order chi connectivity index (χ0) is 17.0. The summed E-state index contributed by atoms with van der Waals surface area (Å²) in [5, 5.41) is 5.41. The molecular weight excluding hydrogens is 318 g/mol. The third-order valence-electron chi connectivity index (χ3n) is 5.17. The minimum Gasteiger partial charge on any atom is -0.422 e. The number of carbonyl (C=O) groups excluding carboxylic acids is 1. The van der Waals surface area contributed by atoms with Gasteiger partial charge in [0.1, 0.15) is 11.1 Å². The second-order valence-corrected chi connectivity index (χ2v) is 6.66. The van der Waals surface area contributed by atoms with E-state index < -0.39 is 5.63 Å². The van der Waals surface area contributed by atoms with Crippen LogP contribution in [0.5, 0.6) is 0 Å². The summed E-state index contributed by atoms with van der Waals surface area (Å²) in [6.07, 6.45) is 3.19. The van der Waals surface area contributed by atoms with Crippen LogP contribution in [0.2, 0.25) is 0 Å². The molecule has 1 aliphatic heterocycles. The monoisotopic (exact) mass is 335 g/mol. The Labute approximate surface area is 143 Å². The minimum absolute atomic E-state index is 0.100. The lowest BCUT2D eigenvalue weighted by atomic mass is 10.1. The first-order valence-electron chi connectivity index (χ1n) is 8.60. The van der Waals surface area contributed by atoms with E-state index in [1.54, 1.807) is 23.1 Å². The fourth-order valence-corrected chi connectivity index (χ4v) is 3.90. The molecule has 0 saturated heterocycles. The second-order valence-electron chi connectivity index (χ2n) is 6.66. The molecule has 1 aliphatic carbocycles. The predicted molar refractivity (Wildman–Crippen MR) is 91.5 cm³/mol. The topological polar surface area (TPSA) is 68.3 Å². The first kappa shape index (κ1) is 14.5. The van der Waals surface area contributed by atoms with Crippen molar-refractivity contribution in [2.45, 2.75) is 32.4 Å². The Hall–Kier alpha value is -2.89. The van der Waals surface area contributed by atoms with Crippen LogP contribution >= 0.6 is 0 Å². The molecule has 2 aromatic heterocycles. The van der Waals surface area contributed by atoms with Gasteiger partial charge in [-0.2, -0.15) is 5.10 Å². The molecule has 6 heteroatoms. The largest absolute Gasteiger partial charge is 0.422 e. The van der Waals surface area contributed by atoms with Crippen molar-refractivity contribution in [2.24, 2.45) is 0 Å². The van der Waals surface area contributed by atoms with Gasteiger partial charge in [-0.15, -0.1) is 0 Å². The van der Waals surface area contributed by atoms with Gasteiger partial charge in [0.15, 0.2) is 0 Å². The third kappa shape index (κ3) is 2.21. The summed E-state index contributed by atoms with van der Waals surface area (Å²) in [6, 6.07) is 8.87. The number of amides is 1. The van der Waals surface area contributed by atoms with Crippen molar-refractivity contribution in [3.05, 3.63) is 63.3 Å². The van der Waals surface area contributed by atoms with Crippen LogP contribution in [0.3, 0.4) is 0 Å². The summed E-state index contributed by atoms with van der Waals surface area (Å²) in [6.45, 7) is 1.74. The number of para-hydroxylation sites is 1. The molecule has 0 fully saturated rings. The maximum absolute atomic E-state index is 12.9. The average Bonchev–Trinajstić information content (AvgIpc) is 3.21. The van der Waals surface area contributed by atoms with E-state index in [0.717, 1.165) is 30.3 Å². The number of rotatable bonds is 1. The molecular formula is C19H17N3O3. The molecule has 1 amide bonds. The molecule has 3 heterocycles. The third-order valence-corrected chi connectivity index (χ3v) is 5.17. The van der Waals surface area contributed by atoms with Crippen molar-refractivity contribution in [1.82, 2.24) is 14.7 Å². The Morgan fingerprint density at radius 2 is 2.04 bits per heavy atom. The summed E-state index contributed by atoms with van der Waals surface area (Å²) in [5.41, 5.74) is 3.62. The maximum atomic E-state index is 12.9. The van der Waals surface area contributed by atoms with Gasteiger partial charge in [0.05, 0.1) is 24.5 Å². The Bertz CT molecular complexity index is 1060. The van der Waals surface area contributed by atoms with E-state index in [1.807, 2.05) is 16.8 Å². The SMILES string of the molecule is O=C(c1cc2ccccc2oc1=O)N1CCn2nc3c(c2C1)CCC3. The van der Waals surface area contributed by atoms with Crippen LogP contribution in [0.25, 0.3) is 11.0 Å². The van der Waals surface area contributed by atoms with Crippen molar-refractivity contribution in [2.75, 3.05) is 6.54 Å². The molecule has 0 saturated carbocycles. The van der Waals surface area contributed by atoms with Gasteiger partial charge in [-0.1, -0.05) is 18.2 Å². The fourth-order valence-electron chi connectivity index (χ4n) is 3.90. The van der Waals surface area contributed by atoms with Crippen molar-refractivity contribution in [3.8, 4) is 0 Å². The smallest absolute Gasteiger partial charge is 0.349 e. The van der Waals surface area contributed by atoms with Crippen LogP contribution < -0.4 is 5.63 Å². The molecule has 6 nitrogen and oxygen atoms in total. The lowest BCUT2D eigenvalue weighted by Crippen LogP contribution is -2.40. The molecule has 0 spiro atoms. The normalized spacial score (nSPS) is 16.1. The van der Waals surface area contributed by atoms with Crippen LogP contribution in [0.15, 0.2) is 39.5 Å². The molecule has 5 rings (SSSR count). The molecule has 25 heavy (non-hydrogen) atoms. The Morgan fingerprint density at radius 1 is 1.16 bits per heavy atom. The number of hydrogen-bond donors (Lipinski definition) is 0. The van der Waals surface area contributed by atoms with Gasteiger partial charge in [-0.25, -0.2) is 4.79 Å². The molecule has 3 aromatic rings. The van der Waals surface area contributed by atoms with Gasteiger partial charge in [0, 0.05) is 11.9 Å². The fraction of sp³-hybridized carbons (Fsp3) is 0.316. The van der Waals surface area contributed by atoms with Gasteiger partial charge in [-0.3, -0.25) is 9.48 Å². The standard InChI is InChI=1S/C19H17N3O3/c23-18(14-10-12-4-1-2-7-17(12)25-19(14)24)21-8-9-22-16(11-21)13-5-3-6-15(13)20-22/h1-2,4,7,10H,3,5-6,8-9,11H2. The minimum atomic E-state index is -0.576. The van der Waals surface area contributed by atoms with Crippen molar-refractivity contribution in [1.29, 1.82) is 0 Å². The number of benzene rings is 1. The van der Waals surface area contributed by atoms with E-state index in [0.29, 0.717) is 25.2 Å². The molecule has 0 unspecified atom stereocenters. The molecule has 0 radical (unpaired) electrons. The highest BCUT2D eigenvalue weighted by molar-refractivity contribution is 5.96. The lowest BCUT2D eigenvalue weighted by molar-refractivity contribution is 0.0701.